The number of amides is 2. The Balaban J connectivity index is 2.19. The lowest BCUT2D eigenvalue weighted by atomic mass is 10.1. The molecule has 27 heavy (non-hydrogen) atoms. The minimum absolute atomic E-state index is 0.160. The highest BCUT2D eigenvalue weighted by Crippen LogP contribution is 2.27. The summed E-state index contributed by atoms with van der Waals surface area (Å²) in [4.78, 5) is 27.6. The van der Waals surface area contributed by atoms with E-state index in [1.54, 1.807) is 32.2 Å². The molecular weight excluding hydrogens is 403 g/mol. The van der Waals surface area contributed by atoms with E-state index in [0.717, 1.165) is 10.5 Å². The van der Waals surface area contributed by atoms with Crippen molar-refractivity contribution in [2.45, 2.75) is 31.3 Å². The monoisotopic (exact) mass is 424 g/mol. The van der Waals surface area contributed by atoms with Crippen LogP contribution in [0.25, 0.3) is 0 Å². The molecular formula is C20H22Cl2N2O2S. The first kappa shape index (κ1) is 21.6. The molecule has 0 heterocycles. The first-order valence-corrected chi connectivity index (χ1v) is 10.2. The largest absolute Gasteiger partial charge is 0.357 e. The Kier molecular flexibility index (Phi) is 8.02. The number of thioether (sulfide) groups is 1. The number of carbonyl (C=O) groups is 2. The van der Waals surface area contributed by atoms with Crippen LogP contribution in [0, 0.1) is 6.92 Å². The van der Waals surface area contributed by atoms with Crippen molar-refractivity contribution in [3.05, 3.63) is 63.6 Å². The number of halogens is 2. The van der Waals surface area contributed by atoms with Gasteiger partial charge in [0.25, 0.3) is 0 Å². The van der Waals surface area contributed by atoms with Crippen LogP contribution in [0.1, 0.15) is 18.1 Å². The molecule has 1 atom stereocenters. The van der Waals surface area contributed by atoms with Crippen LogP contribution in [0.15, 0.2) is 47.4 Å². The third-order valence-electron chi connectivity index (χ3n) is 4.19. The van der Waals surface area contributed by atoms with Crippen molar-refractivity contribution in [1.29, 1.82) is 0 Å². The van der Waals surface area contributed by atoms with Crippen molar-refractivity contribution in [2.75, 3.05) is 12.8 Å². The fraction of sp³-hybridized carbons (Fsp3) is 0.300. The molecule has 0 saturated carbocycles. The smallest absolute Gasteiger partial charge is 0.242 e. The van der Waals surface area contributed by atoms with E-state index in [0.29, 0.717) is 15.6 Å². The second-order valence-corrected chi connectivity index (χ2v) is 7.98. The molecule has 1 unspecified atom stereocenters. The van der Waals surface area contributed by atoms with E-state index in [1.165, 1.54) is 16.7 Å². The Morgan fingerprint density at radius 2 is 1.70 bits per heavy atom. The topological polar surface area (TPSA) is 49.4 Å². The second kappa shape index (κ2) is 10.0. The number of nitrogens with zero attached hydrogens (tertiary/aromatic N) is 1. The summed E-state index contributed by atoms with van der Waals surface area (Å²) in [5.41, 5.74) is 1.79. The van der Waals surface area contributed by atoms with Crippen LogP contribution in [0.2, 0.25) is 10.0 Å². The molecule has 0 aliphatic heterocycles. The molecule has 144 valence electrons. The van der Waals surface area contributed by atoms with Crippen LogP contribution in [0.3, 0.4) is 0 Å². The molecule has 2 rings (SSSR count). The zero-order valence-corrected chi connectivity index (χ0v) is 17.8. The van der Waals surface area contributed by atoms with E-state index in [2.05, 4.69) is 5.32 Å². The van der Waals surface area contributed by atoms with Crippen molar-refractivity contribution < 1.29 is 9.59 Å². The summed E-state index contributed by atoms with van der Waals surface area (Å²) >= 11 is 13.9. The summed E-state index contributed by atoms with van der Waals surface area (Å²) in [7, 11) is 1.55. The van der Waals surface area contributed by atoms with Gasteiger partial charge < -0.3 is 10.2 Å². The highest BCUT2D eigenvalue weighted by Gasteiger charge is 2.26. The maximum Gasteiger partial charge on any atom is 0.242 e. The molecule has 0 radical (unpaired) electrons. The maximum atomic E-state index is 12.9. The second-order valence-electron chi connectivity index (χ2n) is 6.11. The summed E-state index contributed by atoms with van der Waals surface area (Å²) in [5, 5.41) is 3.53. The fourth-order valence-corrected chi connectivity index (χ4v) is 3.81. The van der Waals surface area contributed by atoms with Gasteiger partial charge >= 0.3 is 0 Å². The number of hydrogen-bond acceptors (Lipinski definition) is 3. The van der Waals surface area contributed by atoms with E-state index < -0.39 is 6.04 Å². The van der Waals surface area contributed by atoms with Gasteiger partial charge in [-0.15, -0.1) is 11.8 Å². The molecule has 0 aromatic heterocycles. The zero-order chi connectivity index (χ0) is 20.0. The quantitative estimate of drug-likeness (QED) is 0.662. The fourth-order valence-electron chi connectivity index (χ4n) is 2.51. The molecule has 0 spiro atoms. The first-order valence-electron chi connectivity index (χ1n) is 8.47. The molecule has 4 nitrogen and oxygen atoms in total. The standard InChI is InChI=1S/C20H22Cl2N2O2S/c1-13-7-9-15(10-8-13)27-12-19(25)24(14(2)20(26)23-3)11-16-17(21)5-4-6-18(16)22/h4-10,14H,11-12H2,1-3H3,(H,23,26). The van der Waals surface area contributed by atoms with E-state index in [-0.39, 0.29) is 24.1 Å². The summed E-state index contributed by atoms with van der Waals surface area (Å²) in [6.45, 7) is 3.87. The predicted octanol–water partition coefficient (Wildman–Crippen LogP) is 4.56. The van der Waals surface area contributed by atoms with E-state index in [1.807, 2.05) is 31.2 Å². The number of benzene rings is 2. The van der Waals surface area contributed by atoms with Gasteiger partial charge in [-0.1, -0.05) is 47.0 Å². The van der Waals surface area contributed by atoms with Gasteiger partial charge in [-0.2, -0.15) is 0 Å². The Bertz CT molecular complexity index is 792. The number of likely N-dealkylation sites (N-methyl/N-ethyl adjacent to an activating group) is 1. The summed E-state index contributed by atoms with van der Waals surface area (Å²) in [6.07, 6.45) is 0. The van der Waals surface area contributed by atoms with Crippen molar-refractivity contribution in [2.24, 2.45) is 0 Å². The average molecular weight is 425 g/mol. The average Bonchev–Trinajstić information content (AvgIpc) is 2.66. The van der Waals surface area contributed by atoms with Gasteiger partial charge in [-0.25, -0.2) is 0 Å². The Morgan fingerprint density at radius 1 is 1.11 bits per heavy atom. The Labute approximate surface area is 174 Å². The lowest BCUT2D eigenvalue weighted by Gasteiger charge is -2.29. The molecule has 0 bridgehead atoms. The molecule has 2 aromatic carbocycles. The minimum Gasteiger partial charge on any atom is -0.357 e. The predicted molar refractivity (Wildman–Crippen MR) is 112 cm³/mol. The van der Waals surface area contributed by atoms with E-state index >= 15 is 0 Å². The number of rotatable bonds is 7. The van der Waals surface area contributed by atoms with Crippen LogP contribution in [-0.4, -0.2) is 35.6 Å². The number of aryl methyl sites for hydroxylation is 1. The Hall–Kier alpha value is -1.69. The van der Waals surface area contributed by atoms with Crippen molar-refractivity contribution in [1.82, 2.24) is 10.2 Å². The molecule has 0 aliphatic carbocycles. The van der Waals surface area contributed by atoms with Crippen LogP contribution in [0.5, 0.6) is 0 Å². The number of nitrogens with one attached hydrogen (secondary N) is 1. The Morgan fingerprint density at radius 3 is 2.26 bits per heavy atom. The van der Waals surface area contributed by atoms with E-state index in [4.69, 9.17) is 23.2 Å². The highest BCUT2D eigenvalue weighted by atomic mass is 35.5. The summed E-state index contributed by atoms with van der Waals surface area (Å²) < 4.78 is 0. The van der Waals surface area contributed by atoms with Gasteiger partial charge in [0.05, 0.1) is 5.75 Å². The van der Waals surface area contributed by atoms with Crippen molar-refractivity contribution in [3.63, 3.8) is 0 Å². The van der Waals surface area contributed by atoms with Gasteiger partial charge in [-0.05, 0) is 38.1 Å². The molecule has 7 heteroatoms. The number of hydrogen-bond donors (Lipinski definition) is 1. The highest BCUT2D eigenvalue weighted by molar-refractivity contribution is 8.00. The third-order valence-corrected chi connectivity index (χ3v) is 5.89. The zero-order valence-electron chi connectivity index (χ0n) is 15.5. The van der Waals surface area contributed by atoms with Gasteiger partial charge in [-0.3, -0.25) is 9.59 Å². The normalized spacial score (nSPS) is 11.7. The van der Waals surface area contributed by atoms with Crippen LogP contribution in [0.4, 0.5) is 0 Å². The molecule has 1 N–H and O–H groups in total. The van der Waals surface area contributed by atoms with Crippen LogP contribution < -0.4 is 5.32 Å². The summed E-state index contributed by atoms with van der Waals surface area (Å²) in [5.74, 6) is -0.188. The van der Waals surface area contributed by atoms with E-state index in [9.17, 15) is 9.59 Å². The third kappa shape index (κ3) is 5.89. The lowest BCUT2D eigenvalue weighted by molar-refractivity contribution is -0.138. The summed E-state index contributed by atoms with van der Waals surface area (Å²) in [6, 6.07) is 12.5. The van der Waals surface area contributed by atoms with Crippen LogP contribution >= 0.6 is 35.0 Å². The molecule has 0 fully saturated rings. The lowest BCUT2D eigenvalue weighted by Crippen LogP contribution is -2.47. The molecule has 2 aromatic rings. The first-order chi connectivity index (χ1) is 12.8. The maximum absolute atomic E-state index is 12.9. The van der Waals surface area contributed by atoms with Gasteiger partial charge in [0.1, 0.15) is 6.04 Å². The minimum atomic E-state index is -0.645. The van der Waals surface area contributed by atoms with Crippen molar-refractivity contribution in [3.8, 4) is 0 Å². The van der Waals surface area contributed by atoms with Gasteiger partial charge in [0, 0.05) is 34.1 Å². The molecule has 0 saturated heterocycles. The van der Waals surface area contributed by atoms with Crippen LogP contribution in [-0.2, 0) is 16.1 Å². The van der Waals surface area contributed by atoms with Crippen molar-refractivity contribution >= 4 is 46.8 Å². The molecule has 2 amide bonds. The van der Waals surface area contributed by atoms with Gasteiger partial charge in [0.15, 0.2) is 0 Å². The number of carbonyl (C=O) groups excluding carboxylic acids is 2. The van der Waals surface area contributed by atoms with Gasteiger partial charge in [0.2, 0.25) is 11.8 Å². The molecule has 0 aliphatic rings. The SMILES string of the molecule is CNC(=O)C(C)N(Cc1c(Cl)cccc1Cl)C(=O)CSc1ccc(C)cc1.